The summed E-state index contributed by atoms with van der Waals surface area (Å²) in [5, 5.41) is 6.38. The van der Waals surface area contributed by atoms with Crippen molar-refractivity contribution in [2.24, 2.45) is 5.92 Å². The molecule has 1 aliphatic heterocycles. The minimum atomic E-state index is 0. The molecule has 1 aliphatic rings. The van der Waals surface area contributed by atoms with Crippen LogP contribution in [-0.4, -0.2) is 25.5 Å². The lowest BCUT2D eigenvalue weighted by Crippen LogP contribution is -2.38. The Hall–Kier alpha value is -1.06. The van der Waals surface area contributed by atoms with Gasteiger partial charge in [0.15, 0.2) is 0 Å². The van der Waals surface area contributed by atoms with Gasteiger partial charge in [0.1, 0.15) is 0 Å². The van der Waals surface area contributed by atoms with Crippen molar-refractivity contribution in [2.45, 2.75) is 19.3 Å². The Morgan fingerprint density at radius 3 is 2.78 bits per heavy atom. The molecule has 0 aromatic heterocycles. The summed E-state index contributed by atoms with van der Waals surface area (Å²) in [6, 6.07) is 9.87. The predicted octanol–water partition coefficient (Wildman–Crippen LogP) is 1.77. The molecule has 1 unspecified atom stereocenters. The SMILES string of the molecule is Cl.O=C(Cc1ccccc1)NCC1CCCNC1. The van der Waals surface area contributed by atoms with Crippen molar-refractivity contribution in [2.75, 3.05) is 19.6 Å². The van der Waals surface area contributed by atoms with E-state index >= 15 is 0 Å². The number of nitrogens with one attached hydrogen (secondary N) is 2. The van der Waals surface area contributed by atoms with E-state index in [9.17, 15) is 4.79 Å². The summed E-state index contributed by atoms with van der Waals surface area (Å²) in [4.78, 5) is 11.7. The van der Waals surface area contributed by atoms with Crippen LogP contribution in [0.15, 0.2) is 30.3 Å². The van der Waals surface area contributed by atoms with E-state index in [0.717, 1.165) is 25.2 Å². The molecule has 2 rings (SSSR count). The highest BCUT2D eigenvalue weighted by Crippen LogP contribution is 2.08. The van der Waals surface area contributed by atoms with Gasteiger partial charge in [-0.15, -0.1) is 12.4 Å². The lowest BCUT2D eigenvalue weighted by Gasteiger charge is -2.22. The summed E-state index contributed by atoms with van der Waals surface area (Å²) >= 11 is 0. The Balaban J connectivity index is 0.00000162. The molecule has 0 spiro atoms. The van der Waals surface area contributed by atoms with E-state index in [4.69, 9.17) is 0 Å². The molecule has 4 heteroatoms. The van der Waals surface area contributed by atoms with E-state index in [1.807, 2.05) is 30.3 Å². The van der Waals surface area contributed by atoms with Crippen LogP contribution in [0.25, 0.3) is 0 Å². The molecule has 100 valence electrons. The van der Waals surface area contributed by atoms with Gasteiger partial charge in [0.25, 0.3) is 0 Å². The molecule has 0 radical (unpaired) electrons. The second-order valence-corrected chi connectivity index (χ2v) is 4.68. The van der Waals surface area contributed by atoms with Crippen LogP contribution in [0.5, 0.6) is 0 Å². The monoisotopic (exact) mass is 268 g/mol. The Morgan fingerprint density at radius 2 is 2.11 bits per heavy atom. The van der Waals surface area contributed by atoms with Crippen LogP contribution < -0.4 is 10.6 Å². The molecule has 1 saturated heterocycles. The third-order valence-electron chi connectivity index (χ3n) is 3.19. The quantitative estimate of drug-likeness (QED) is 0.874. The van der Waals surface area contributed by atoms with E-state index in [-0.39, 0.29) is 18.3 Å². The number of hydrogen-bond donors (Lipinski definition) is 2. The highest BCUT2D eigenvalue weighted by Gasteiger charge is 2.13. The first-order valence-electron chi connectivity index (χ1n) is 6.36. The molecular weight excluding hydrogens is 248 g/mol. The summed E-state index contributed by atoms with van der Waals surface area (Å²) in [5.74, 6) is 0.727. The molecule has 1 amide bonds. The predicted molar refractivity (Wildman–Crippen MR) is 76.0 cm³/mol. The first-order chi connectivity index (χ1) is 8.34. The maximum Gasteiger partial charge on any atom is 0.224 e. The van der Waals surface area contributed by atoms with Gasteiger partial charge in [-0.05, 0) is 37.4 Å². The third kappa shape index (κ3) is 5.07. The number of rotatable bonds is 4. The largest absolute Gasteiger partial charge is 0.355 e. The van der Waals surface area contributed by atoms with E-state index in [1.54, 1.807) is 0 Å². The Bertz CT molecular complexity index is 350. The number of carbonyl (C=O) groups excluding carboxylic acids is 1. The Labute approximate surface area is 115 Å². The zero-order valence-corrected chi connectivity index (χ0v) is 11.3. The molecule has 1 atom stereocenters. The van der Waals surface area contributed by atoms with E-state index in [1.165, 1.54) is 12.8 Å². The van der Waals surface area contributed by atoms with Gasteiger partial charge in [0, 0.05) is 6.54 Å². The Morgan fingerprint density at radius 1 is 1.33 bits per heavy atom. The average molecular weight is 269 g/mol. The van der Waals surface area contributed by atoms with Crippen LogP contribution in [0, 0.1) is 5.92 Å². The van der Waals surface area contributed by atoms with Crippen LogP contribution in [-0.2, 0) is 11.2 Å². The van der Waals surface area contributed by atoms with E-state index < -0.39 is 0 Å². The van der Waals surface area contributed by atoms with Crippen LogP contribution >= 0.6 is 12.4 Å². The van der Waals surface area contributed by atoms with Gasteiger partial charge in [-0.25, -0.2) is 0 Å². The van der Waals surface area contributed by atoms with E-state index in [2.05, 4.69) is 10.6 Å². The van der Waals surface area contributed by atoms with Gasteiger partial charge >= 0.3 is 0 Å². The number of piperidine rings is 1. The van der Waals surface area contributed by atoms with Crippen molar-refractivity contribution in [3.05, 3.63) is 35.9 Å². The number of benzene rings is 1. The zero-order chi connectivity index (χ0) is 11.9. The van der Waals surface area contributed by atoms with Crippen molar-refractivity contribution in [1.82, 2.24) is 10.6 Å². The first kappa shape index (κ1) is 15.0. The maximum atomic E-state index is 11.7. The third-order valence-corrected chi connectivity index (χ3v) is 3.19. The summed E-state index contributed by atoms with van der Waals surface area (Å²) < 4.78 is 0. The molecule has 0 saturated carbocycles. The molecule has 0 bridgehead atoms. The number of amides is 1. The molecule has 18 heavy (non-hydrogen) atoms. The van der Waals surface area contributed by atoms with Crippen LogP contribution in [0.1, 0.15) is 18.4 Å². The molecule has 3 nitrogen and oxygen atoms in total. The van der Waals surface area contributed by atoms with E-state index in [0.29, 0.717) is 12.3 Å². The number of hydrogen-bond acceptors (Lipinski definition) is 2. The smallest absolute Gasteiger partial charge is 0.224 e. The van der Waals surface area contributed by atoms with Crippen LogP contribution in [0.2, 0.25) is 0 Å². The standard InChI is InChI=1S/C14H20N2O.ClH/c17-14(9-12-5-2-1-3-6-12)16-11-13-7-4-8-15-10-13;/h1-3,5-6,13,15H,4,7-11H2,(H,16,17);1H. The highest BCUT2D eigenvalue weighted by molar-refractivity contribution is 5.85. The van der Waals surface area contributed by atoms with Gasteiger partial charge < -0.3 is 10.6 Å². The summed E-state index contributed by atoms with van der Waals surface area (Å²) in [6.07, 6.45) is 2.93. The van der Waals surface area contributed by atoms with Crippen molar-refractivity contribution < 1.29 is 4.79 Å². The fourth-order valence-electron chi connectivity index (χ4n) is 2.20. The maximum absolute atomic E-state index is 11.7. The molecule has 1 fully saturated rings. The minimum absolute atomic E-state index is 0. The number of carbonyl (C=O) groups is 1. The number of halogens is 1. The topological polar surface area (TPSA) is 41.1 Å². The normalized spacial score (nSPS) is 18.8. The van der Waals surface area contributed by atoms with Crippen molar-refractivity contribution >= 4 is 18.3 Å². The lowest BCUT2D eigenvalue weighted by molar-refractivity contribution is -0.120. The van der Waals surface area contributed by atoms with Crippen molar-refractivity contribution in [3.63, 3.8) is 0 Å². The van der Waals surface area contributed by atoms with Crippen molar-refractivity contribution in [3.8, 4) is 0 Å². The van der Waals surface area contributed by atoms with Gasteiger partial charge in [-0.1, -0.05) is 30.3 Å². The lowest BCUT2D eigenvalue weighted by atomic mass is 10.00. The highest BCUT2D eigenvalue weighted by atomic mass is 35.5. The molecule has 0 aliphatic carbocycles. The summed E-state index contributed by atoms with van der Waals surface area (Å²) in [5.41, 5.74) is 1.08. The van der Waals surface area contributed by atoms with Crippen LogP contribution in [0.4, 0.5) is 0 Å². The van der Waals surface area contributed by atoms with Crippen LogP contribution in [0.3, 0.4) is 0 Å². The first-order valence-corrected chi connectivity index (χ1v) is 6.36. The summed E-state index contributed by atoms with van der Waals surface area (Å²) in [7, 11) is 0. The fourth-order valence-corrected chi connectivity index (χ4v) is 2.20. The van der Waals surface area contributed by atoms with Gasteiger partial charge in [-0.2, -0.15) is 0 Å². The molecule has 1 aromatic carbocycles. The Kier molecular flexibility index (Phi) is 6.76. The van der Waals surface area contributed by atoms with Gasteiger partial charge in [0.05, 0.1) is 6.42 Å². The zero-order valence-electron chi connectivity index (χ0n) is 10.5. The second kappa shape index (κ2) is 8.11. The second-order valence-electron chi connectivity index (χ2n) is 4.68. The molecule has 1 heterocycles. The molecular formula is C14H21ClN2O. The van der Waals surface area contributed by atoms with Gasteiger partial charge in [0.2, 0.25) is 5.91 Å². The summed E-state index contributed by atoms with van der Waals surface area (Å²) in [6.45, 7) is 2.96. The minimum Gasteiger partial charge on any atom is -0.355 e. The average Bonchev–Trinajstić information content (AvgIpc) is 2.39. The van der Waals surface area contributed by atoms with Gasteiger partial charge in [-0.3, -0.25) is 4.79 Å². The van der Waals surface area contributed by atoms with Crippen molar-refractivity contribution in [1.29, 1.82) is 0 Å². The fraction of sp³-hybridized carbons (Fsp3) is 0.500. The molecule has 1 aromatic rings. The molecule has 2 N–H and O–H groups in total.